The number of halogens is 3. The second kappa shape index (κ2) is 13.6. The Morgan fingerprint density at radius 3 is 2.17 bits per heavy atom. The Labute approximate surface area is 252 Å². The maximum Gasteiger partial charge on any atom is 0.272 e. The van der Waals surface area contributed by atoms with Gasteiger partial charge in [-0.3, -0.25) is 4.79 Å². The third-order valence-corrected chi connectivity index (χ3v) is 12.3. The van der Waals surface area contributed by atoms with Gasteiger partial charge < -0.3 is 33.8 Å². The predicted molar refractivity (Wildman–Crippen MR) is 159 cm³/mol. The number of benzene rings is 2. The maximum atomic E-state index is 12.7. The number of alkyl halides is 3. The van der Waals surface area contributed by atoms with Gasteiger partial charge in [0.25, 0.3) is 9.70 Å². The zero-order valence-electron chi connectivity index (χ0n) is 23.5. The van der Waals surface area contributed by atoms with E-state index in [0.29, 0.717) is 11.5 Å². The highest BCUT2D eigenvalue weighted by atomic mass is 35.6. The number of nitrogens with one attached hydrogen (secondary N) is 1. The Bertz CT molecular complexity index is 1090. The molecule has 2 aromatic carbocycles. The van der Waals surface area contributed by atoms with Crippen LogP contribution < -0.4 is 14.8 Å². The van der Waals surface area contributed by atoms with Crippen LogP contribution in [0.2, 0.25) is 18.1 Å². The standard InChI is InChI=1S/C28H38Cl3NO7Si/c1-27(2,3)40(5,6)37-17-21-24(36-16-18-10-8-7-9-11-18)23(33)22(32-26(34)28(29,30)31)25(39-21)38-20-14-12-19(35-4)13-15-20/h7-15,21-25,33H,16-17H2,1-6H3,(H,32,34)/t21-,22-,23-,24+,25-/m1/s1. The van der Waals surface area contributed by atoms with E-state index in [-0.39, 0.29) is 18.3 Å². The van der Waals surface area contributed by atoms with Gasteiger partial charge >= 0.3 is 0 Å². The van der Waals surface area contributed by atoms with Crippen LogP contribution in [0, 0.1) is 0 Å². The lowest BCUT2D eigenvalue weighted by molar-refractivity contribution is -0.256. The van der Waals surface area contributed by atoms with E-state index in [9.17, 15) is 9.90 Å². The molecule has 2 N–H and O–H groups in total. The molecule has 40 heavy (non-hydrogen) atoms. The highest BCUT2D eigenvalue weighted by Crippen LogP contribution is 2.38. The first-order chi connectivity index (χ1) is 18.6. The van der Waals surface area contributed by atoms with Crippen LogP contribution in [0.5, 0.6) is 11.5 Å². The summed E-state index contributed by atoms with van der Waals surface area (Å²) in [6.07, 6.45) is -4.10. The third-order valence-electron chi connectivity index (χ3n) is 7.24. The van der Waals surface area contributed by atoms with Crippen molar-refractivity contribution in [2.24, 2.45) is 0 Å². The number of amides is 1. The average molecular weight is 635 g/mol. The molecule has 12 heteroatoms. The lowest BCUT2D eigenvalue weighted by Gasteiger charge is -2.46. The van der Waals surface area contributed by atoms with Gasteiger partial charge in [0.05, 0.1) is 20.3 Å². The smallest absolute Gasteiger partial charge is 0.272 e. The van der Waals surface area contributed by atoms with Crippen molar-refractivity contribution in [2.45, 2.75) is 79.9 Å². The number of carbonyl (C=O) groups is 1. The minimum absolute atomic E-state index is 0.0550. The summed E-state index contributed by atoms with van der Waals surface area (Å²) < 4.78 is 28.1. The second-order valence-corrected chi connectivity index (χ2v) is 18.2. The molecule has 1 heterocycles. The number of hydrogen-bond donors (Lipinski definition) is 2. The number of rotatable bonds is 10. The summed E-state index contributed by atoms with van der Waals surface area (Å²) in [5.74, 6) is 0.109. The van der Waals surface area contributed by atoms with Gasteiger partial charge in [0, 0.05) is 0 Å². The van der Waals surface area contributed by atoms with Crippen LogP contribution in [-0.4, -0.2) is 67.5 Å². The Morgan fingerprint density at radius 2 is 1.62 bits per heavy atom. The van der Waals surface area contributed by atoms with Crippen molar-refractivity contribution in [1.82, 2.24) is 5.32 Å². The fourth-order valence-electron chi connectivity index (χ4n) is 3.81. The Kier molecular flexibility index (Phi) is 11.2. The first-order valence-electron chi connectivity index (χ1n) is 12.9. The molecule has 1 saturated heterocycles. The lowest BCUT2D eigenvalue weighted by atomic mass is 9.96. The molecular formula is C28H38Cl3NO7Si. The number of methoxy groups -OCH3 is 1. The molecule has 0 unspecified atom stereocenters. The molecule has 0 bridgehead atoms. The fraction of sp³-hybridized carbons (Fsp3) is 0.536. The molecule has 8 nitrogen and oxygen atoms in total. The van der Waals surface area contributed by atoms with E-state index in [1.54, 1.807) is 31.4 Å². The largest absolute Gasteiger partial charge is 0.497 e. The third kappa shape index (κ3) is 8.72. The molecule has 1 aliphatic rings. The van der Waals surface area contributed by atoms with Crippen molar-refractivity contribution < 1.29 is 33.3 Å². The van der Waals surface area contributed by atoms with Crippen LogP contribution in [0.15, 0.2) is 54.6 Å². The number of hydrogen-bond acceptors (Lipinski definition) is 7. The normalized spacial score (nSPS) is 23.9. The number of aliphatic hydroxyl groups is 1. The first kappa shape index (κ1) is 32.9. The van der Waals surface area contributed by atoms with Crippen molar-refractivity contribution in [3.05, 3.63) is 60.2 Å². The van der Waals surface area contributed by atoms with Crippen LogP contribution >= 0.6 is 34.8 Å². The highest BCUT2D eigenvalue weighted by Gasteiger charge is 2.50. The zero-order valence-corrected chi connectivity index (χ0v) is 26.8. The van der Waals surface area contributed by atoms with E-state index in [1.165, 1.54) is 0 Å². The second-order valence-electron chi connectivity index (χ2n) is 11.2. The number of carbonyl (C=O) groups excluding carboxylic acids is 1. The van der Waals surface area contributed by atoms with Gasteiger partial charge in [0.2, 0.25) is 6.29 Å². The summed E-state index contributed by atoms with van der Waals surface area (Å²) in [6, 6.07) is 15.2. The first-order valence-corrected chi connectivity index (χ1v) is 17.0. The SMILES string of the molecule is COc1ccc(O[C@@H]2O[C@H](CO[Si](C)(C)C(C)(C)C)[C@H](OCc3ccccc3)[C@H](O)[C@H]2NC(=O)C(Cl)(Cl)Cl)cc1. The van der Waals surface area contributed by atoms with Crippen molar-refractivity contribution in [2.75, 3.05) is 13.7 Å². The van der Waals surface area contributed by atoms with Crippen molar-refractivity contribution in [1.29, 1.82) is 0 Å². The van der Waals surface area contributed by atoms with Gasteiger partial charge in [-0.2, -0.15) is 0 Å². The molecule has 1 fully saturated rings. The fourth-order valence-corrected chi connectivity index (χ4v) is 4.99. The molecule has 0 radical (unpaired) electrons. The van der Waals surface area contributed by atoms with Crippen LogP contribution in [0.25, 0.3) is 0 Å². The Hall–Kier alpha value is -1.56. The maximum absolute atomic E-state index is 12.7. The van der Waals surface area contributed by atoms with E-state index >= 15 is 0 Å². The number of aliphatic hydroxyl groups excluding tert-OH is 1. The topological polar surface area (TPSA) is 95.5 Å². The van der Waals surface area contributed by atoms with Crippen molar-refractivity contribution in [3.8, 4) is 11.5 Å². The van der Waals surface area contributed by atoms with Crippen LogP contribution in [0.1, 0.15) is 26.3 Å². The lowest BCUT2D eigenvalue weighted by Crippen LogP contribution is -2.67. The molecule has 0 aromatic heterocycles. The zero-order chi connectivity index (χ0) is 29.7. The molecule has 5 atom stereocenters. The van der Waals surface area contributed by atoms with Gasteiger partial charge in [-0.25, -0.2) is 0 Å². The molecular weight excluding hydrogens is 597 g/mol. The summed E-state index contributed by atoms with van der Waals surface area (Å²) in [4.78, 5) is 12.7. The summed E-state index contributed by atoms with van der Waals surface area (Å²) in [5, 5.41) is 14.1. The summed E-state index contributed by atoms with van der Waals surface area (Å²) in [5.41, 5.74) is 0.900. The van der Waals surface area contributed by atoms with Crippen LogP contribution in [0.4, 0.5) is 0 Å². The summed E-state index contributed by atoms with van der Waals surface area (Å²) in [6.45, 7) is 11.0. The number of ether oxygens (including phenoxy) is 4. The van der Waals surface area contributed by atoms with Crippen molar-refractivity contribution >= 4 is 49.0 Å². The minimum Gasteiger partial charge on any atom is -0.497 e. The molecule has 2 aromatic rings. The van der Waals surface area contributed by atoms with Gasteiger partial charge in [-0.15, -0.1) is 0 Å². The minimum atomic E-state index is -2.27. The van der Waals surface area contributed by atoms with Crippen LogP contribution in [0.3, 0.4) is 0 Å². The van der Waals surface area contributed by atoms with E-state index < -0.39 is 48.7 Å². The summed E-state index contributed by atoms with van der Waals surface area (Å²) in [7, 11) is -0.639. The molecule has 0 aliphatic carbocycles. The predicted octanol–water partition coefficient (Wildman–Crippen LogP) is 5.62. The van der Waals surface area contributed by atoms with Gasteiger partial charge in [-0.05, 0) is 48.0 Å². The quantitative estimate of drug-likeness (QED) is 0.259. The highest BCUT2D eigenvalue weighted by molar-refractivity contribution is 6.76. The van der Waals surface area contributed by atoms with Gasteiger partial charge in [0.1, 0.15) is 35.9 Å². The van der Waals surface area contributed by atoms with E-state index in [0.717, 1.165) is 5.56 Å². The molecule has 1 amide bonds. The molecule has 1 aliphatic heterocycles. The van der Waals surface area contributed by atoms with Crippen LogP contribution in [-0.2, 0) is 25.3 Å². The van der Waals surface area contributed by atoms with E-state index in [2.05, 4.69) is 39.2 Å². The Morgan fingerprint density at radius 1 is 1.02 bits per heavy atom. The molecule has 3 rings (SSSR count). The molecule has 0 spiro atoms. The van der Waals surface area contributed by atoms with Gasteiger partial charge in [0.15, 0.2) is 8.32 Å². The van der Waals surface area contributed by atoms with E-state index in [1.807, 2.05) is 30.3 Å². The van der Waals surface area contributed by atoms with E-state index in [4.69, 9.17) is 58.2 Å². The average Bonchev–Trinajstić information content (AvgIpc) is 2.88. The monoisotopic (exact) mass is 633 g/mol. The molecule has 0 saturated carbocycles. The van der Waals surface area contributed by atoms with Gasteiger partial charge in [-0.1, -0.05) is 85.9 Å². The Balaban J connectivity index is 1.92. The van der Waals surface area contributed by atoms with Crippen molar-refractivity contribution in [3.63, 3.8) is 0 Å². The summed E-state index contributed by atoms with van der Waals surface area (Å²) >= 11 is 17.5. The molecule has 222 valence electrons.